The Morgan fingerprint density at radius 2 is 1.92 bits per heavy atom. The quantitative estimate of drug-likeness (QED) is 0.626. The normalized spacial score (nSPS) is 33.7. The number of allylic oxidation sites excluding steroid dienone is 1. The van der Waals surface area contributed by atoms with E-state index in [9.17, 15) is 4.79 Å². The highest BCUT2D eigenvalue weighted by Gasteiger charge is 2.53. The molecule has 2 aliphatic heterocycles. The Kier molecular flexibility index (Phi) is 5.86. The number of ether oxygens (including phenoxy) is 1. The van der Waals surface area contributed by atoms with Crippen LogP contribution >= 0.6 is 0 Å². The minimum atomic E-state index is -0.128. The molecule has 3 heteroatoms. The van der Waals surface area contributed by atoms with E-state index in [1.165, 1.54) is 51.4 Å². The van der Waals surface area contributed by atoms with Gasteiger partial charge in [-0.2, -0.15) is 0 Å². The first-order valence-electron chi connectivity index (χ1n) is 11.0. The number of unbranched alkanes of at least 4 members (excludes halogenated alkanes) is 3. The van der Waals surface area contributed by atoms with Gasteiger partial charge in [0, 0.05) is 11.1 Å². The molecule has 3 aliphatic rings. The zero-order valence-corrected chi connectivity index (χ0v) is 17.6. The molecule has 3 nitrogen and oxygen atoms in total. The lowest BCUT2D eigenvalue weighted by molar-refractivity contribution is -0.193. The molecule has 4 atom stereocenters. The molecule has 2 fully saturated rings. The first-order chi connectivity index (χ1) is 12.3. The van der Waals surface area contributed by atoms with Gasteiger partial charge in [-0.05, 0) is 51.0 Å². The fourth-order valence-electron chi connectivity index (χ4n) is 5.63. The van der Waals surface area contributed by atoms with Gasteiger partial charge in [0.25, 0.3) is 0 Å². The van der Waals surface area contributed by atoms with E-state index in [1.54, 1.807) is 0 Å². The molecule has 2 heterocycles. The van der Waals surface area contributed by atoms with Gasteiger partial charge >= 0.3 is 0 Å². The zero-order chi connectivity index (χ0) is 18.9. The Labute approximate surface area is 160 Å². The third-order valence-corrected chi connectivity index (χ3v) is 7.24. The van der Waals surface area contributed by atoms with Crippen LogP contribution in [0.3, 0.4) is 0 Å². The van der Waals surface area contributed by atoms with E-state index in [1.807, 2.05) is 0 Å². The van der Waals surface area contributed by atoms with E-state index < -0.39 is 0 Å². The predicted molar refractivity (Wildman–Crippen MR) is 107 cm³/mol. The van der Waals surface area contributed by atoms with Gasteiger partial charge in [0.05, 0.1) is 17.6 Å². The van der Waals surface area contributed by atoms with Crippen LogP contribution in [0.25, 0.3) is 0 Å². The monoisotopic (exact) mass is 361 g/mol. The number of rotatable bonds is 6. The summed E-state index contributed by atoms with van der Waals surface area (Å²) in [4.78, 5) is 13.1. The smallest absolute Gasteiger partial charge is 0.230 e. The largest absolute Gasteiger partial charge is 0.367 e. The average Bonchev–Trinajstić information content (AvgIpc) is 2.58. The number of carbonyl (C=O) groups is 1. The zero-order valence-electron chi connectivity index (χ0n) is 17.6. The summed E-state index contributed by atoms with van der Waals surface area (Å²) in [7, 11) is 0. The van der Waals surface area contributed by atoms with Crippen LogP contribution in [-0.4, -0.2) is 17.6 Å². The van der Waals surface area contributed by atoms with Crippen LogP contribution in [0.2, 0.25) is 0 Å². The molecule has 0 bridgehead atoms. The van der Waals surface area contributed by atoms with Gasteiger partial charge in [-0.25, -0.2) is 0 Å². The van der Waals surface area contributed by atoms with Crippen LogP contribution in [0.4, 0.5) is 0 Å². The van der Waals surface area contributed by atoms with Crippen LogP contribution in [-0.2, 0) is 9.53 Å². The second kappa shape index (κ2) is 7.66. The fraction of sp³-hybridized carbons (Fsp3) is 0.870. The molecule has 0 radical (unpaired) electrons. The summed E-state index contributed by atoms with van der Waals surface area (Å²) in [6, 6.07) is 0. The molecule has 1 saturated heterocycles. The number of amides is 1. The molecule has 26 heavy (non-hydrogen) atoms. The summed E-state index contributed by atoms with van der Waals surface area (Å²) in [5.41, 5.74) is 0.965. The van der Waals surface area contributed by atoms with Gasteiger partial charge in [-0.1, -0.05) is 59.3 Å². The van der Waals surface area contributed by atoms with Crippen molar-refractivity contribution in [1.29, 1.82) is 0 Å². The van der Waals surface area contributed by atoms with Gasteiger partial charge in [-0.3, -0.25) is 4.79 Å². The van der Waals surface area contributed by atoms with Crippen molar-refractivity contribution < 1.29 is 9.53 Å². The molecule has 0 aromatic heterocycles. The van der Waals surface area contributed by atoms with Crippen molar-refractivity contribution in [3.05, 3.63) is 11.8 Å². The third-order valence-electron chi connectivity index (χ3n) is 7.24. The maximum absolute atomic E-state index is 13.1. The van der Waals surface area contributed by atoms with E-state index in [0.717, 1.165) is 12.1 Å². The van der Waals surface area contributed by atoms with Gasteiger partial charge < -0.3 is 10.1 Å². The van der Waals surface area contributed by atoms with Crippen molar-refractivity contribution >= 4 is 5.91 Å². The minimum Gasteiger partial charge on any atom is -0.367 e. The van der Waals surface area contributed by atoms with E-state index in [0.29, 0.717) is 11.8 Å². The van der Waals surface area contributed by atoms with Crippen molar-refractivity contribution in [2.24, 2.45) is 23.2 Å². The number of fused-ring (bicyclic) bond motifs is 3. The molecule has 0 spiro atoms. The minimum absolute atomic E-state index is 0.00525. The van der Waals surface area contributed by atoms with Crippen LogP contribution in [0, 0.1) is 23.2 Å². The van der Waals surface area contributed by atoms with Crippen LogP contribution in [0.1, 0.15) is 92.4 Å². The maximum Gasteiger partial charge on any atom is 0.230 e. The molecule has 3 unspecified atom stereocenters. The molecule has 1 N–H and O–H groups in total. The number of hydrogen-bond donors (Lipinski definition) is 1. The lowest BCUT2D eigenvalue weighted by atomic mass is 9.62. The predicted octanol–water partition coefficient (Wildman–Crippen LogP) is 5.60. The van der Waals surface area contributed by atoms with Crippen molar-refractivity contribution in [2.75, 3.05) is 0 Å². The Balaban J connectivity index is 1.78. The summed E-state index contributed by atoms with van der Waals surface area (Å²) < 4.78 is 6.55. The summed E-state index contributed by atoms with van der Waals surface area (Å²) in [5, 5.41) is 3.30. The molecule has 1 aliphatic carbocycles. The number of nitrogens with one attached hydrogen (secondary N) is 1. The summed E-state index contributed by atoms with van der Waals surface area (Å²) in [6.45, 7) is 11.3. The molecule has 0 aromatic carbocycles. The van der Waals surface area contributed by atoms with Crippen molar-refractivity contribution in [3.63, 3.8) is 0 Å². The first-order valence-corrected chi connectivity index (χ1v) is 11.0. The van der Waals surface area contributed by atoms with Gasteiger partial charge in [0.1, 0.15) is 0 Å². The molecule has 1 amide bonds. The Bertz CT molecular complexity index is 548. The molecule has 1 saturated carbocycles. The second-order valence-corrected chi connectivity index (χ2v) is 10.0. The highest BCUT2D eigenvalue weighted by atomic mass is 16.5. The molecule has 0 aromatic rings. The average molecular weight is 362 g/mol. The Morgan fingerprint density at radius 1 is 1.19 bits per heavy atom. The van der Waals surface area contributed by atoms with Gasteiger partial charge in [-0.15, -0.1) is 0 Å². The van der Waals surface area contributed by atoms with Crippen LogP contribution in [0.5, 0.6) is 0 Å². The molecular formula is C23H39NO2. The van der Waals surface area contributed by atoms with E-state index in [2.05, 4.69) is 46.0 Å². The summed E-state index contributed by atoms with van der Waals surface area (Å²) in [5.74, 6) is 1.21. The van der Waals surface area contributed by atoms with Crippen LogP contribution in [0.15, 0.2) is 11.8 Å². The van der Waals surface area contributed by atoms with E-state index in [4.69, 9.17) is 4.74 Å². The summed E-state index contributed by atoms with van der Waals surface area (Å²) >= 11 is 0. The summed E-state index contributed by atoms with van der Waals surface area (Å²) in [6.07, 6.45) is 13.3. The second-order valence-electron chi connectivity index (χ2n) is 10.0. The van der Waals surface area contributed by atoms with Crippen molar-refractivity contribution in [2.45, 2.75) is 104 Å². The lowest BCUT2D eigenvalue weighted by Crippen LogP contribution is -2.59. The van der Waals surface area contributed by atoms with E-state index >= 15 is 0 Å². The molecular weight excluding hydrogens is 322 g/mol. The fourth-order valence-corrected chi connectivity index (χ4v) is 5.63. The lowest BCUT2D eigenvalue weighted by Gasteiger charge is -2.54. The maximum atomic E-state index is 13.1. The Morgan fingerprint density at radius 3 is 2.65 bits per heavy atom. The molecule has 3 rings (SSSR count). The van der Waals surface area contributed by atoms with Gasteiger partial charge in [0.2, 0.25) is 5.91 Å². The standard InChI is InChI=1S/C23H39NO2/c1-6-7-8-11-14-22(2,3)19-15-18-20(21(25)24-19)16-12-9-10-13-17(16)23(4,5)26-18/h15-18,20H,6-14H2,1-5H3,(H,24,25)/t16-,17?,18?,20?/m0/s1. The van der Waals surface area contributed by atoms with E-state index in [-0.39, 0.29) is 28.9 Å². The Hall–Kier alpha value is -0.830. The van der Waals surface area contributed by atoms with Crippen molar-refractivity contribution in [3.8, 4) is 0 Å². The number of hydrogen-bond acceptors (Lipinski definition) is 2. The third kappa shape index (κ3) is 3.88. The number of carbonyl (C=O) groups excluding carboxylic acids is 1. The molecule has 148 valence electrons. The SMILES string of the molecule is CCCCCCC(C)(C)C1=CC2OC(C)(C)C3CCCC[C@@H]3C2C(=O)N1. The highest BCUT2D eigenvalue weighted by Crippen LogP contribution is 2.50. The topological polar surface area (TPSA) is 38.3 Å². The highest BCUT2D eigenvalue weighted by molar-refractivity contribution is 5.83. The van der Waals surface area contributed by atoms with Crippen LogP contribution < -0.4 is 5.32 Å². The first kappa shape index (κ1) is 19.9. The van der Waals surface area contributed by atoms with Crippen molar-refractivity contribution in [1.82, 2.24) is 5.32 Å². The van der Waals surface area contributed by atoms with Gasteiger partial charge in [0.15, 0.2) is 0 Å².